The van der Waals surface area contributed by atoms with Crippen molar-refractivity contribution in [3.05, 3.63) is 144 Å². The number of nitrogens with zero attached hydrogens (tertiary/aromatic N) is 3. The molecule has 0 N–H and O–H groups in total. The van der Waals surface area contributed by atoms with Gasteiger partial charge in [0, 0.05) is 13.5 Å². The van der Waals surface area contributed by atoms with E-state index in [0.29, 0.717) is 16.7 Å². The Hall–Kier alpha value is -5.92. The van der Waals surface area contributed by atoms with Gasteiger partial charge in [-0.3, -0.25) is 4.57 Å². The Morgan fingerprint density at radius 1 is 0.717 bits per heavy atom. The quantitative estimate of drug-likeness (QED) is 0.167. The largest absolute Gasteiger partial charge is 0.455 e. The van der Waals surface area contributed by atoms with E-state index in [-0.39, 0.29) is 11.8 Å². The lowest BCUT2D eigenvalue weighted by molar-refractivity contribution is 0.411. The zero-order valence-corrected chi connectivity index (χ0v) is 31.5. The van der Waals surface area contributed by atoms with Gasteiger partial charge < -0.3 is 4.42 Å². The van der Waals surface area contributed by atoms with Crippen LogP contribution in [0.1, 0.15) is 85.3 Å². The van der Waals surface area contributed by atoms with E-state index in [0.717, 1.165) is 66.7 Å². The van der Waals surface area contributed by atoms with E-state index in [9.17, 15) is 5.26 Å². The predicted molar refractivity (Wildman–Crippen MR) is 221 cm³/mol. The van der Waals surface area contributed by atoms with Crippen LogP contribution >= 0.6 is 0 Å². The smallest absolute Gasteiger partial charge is 0.149 e. The number of rotatable bonds is 7. The first-order chi connectivity index (χ1) is 26.3. The third-order valence-electron chi connectivity index (χ3n) is 10.0. The number of imidazole rings is 1. The van der Waals surface area contributed by atoms with E-state index in [1.165, 1.54) is 11.1 Å². The molecule has 2 heterocycles. The maximum Gasteiger partial charge on any atom is 0.149 e. The van der Waals surface area contributed by atoms with Crippen LogP contribution < -0.4 is 0 Å². The molecular weight excluding hydrogens is 647 g/mol. The average Bonchev–Trinajstić information content (AvgIpc) is 3.75. The van der Waals surface area contributed by atoms with Crippen LogP contribution in [0, 0.1) is 16.7 Å². The summed E-state index contributed by atoms with van der Waals surface area (Å²) in [4.78, 5) is 5.29. The van der Waals surface area contributed by atoms with Crippen LogP contribution in [-0.2, 0) is 6.37 Å². The summed E-state index contributed by atoms with van der Waals surface area (Å²) in [5, 5.41) is 11.5. The molecule has 0 aliphatic heterocycles. The van der Waals surface area contributed by atoms with Crippen molar-refractivity contribution in [1.82, 2.24) is 9.55 Å². The van der Waals surface area contributed by atoms with E-state index in [1.54, 1.807) is 0 Å². The Labute approximate surface area is 315 Å². The topological polar surface area (TPSA) is 54.8 Å². The van der Waals surface area contributed by atoms with E-state index in [4.69, 9.17) is 12.1 Å². The van der Waals surface area contributed by atoms with Gasteiger partial charge >= 0.3 is 0 Å². The highest BCUT2D eigenvalue weighted by Gasteiger charge is 2.25. The van der Waals surface area contributed by atoms with Crippen molar-refractivity contribution in [2.45, 2.75) is 66.7 Å². The Balaban J connectivity index is 1.27. The second kappa shape index (κ2) is 13.2. The van der Waals surface area contributed by atoms with Crippen molar-refractivity contribution in [2.24, 2.45) is 5.41 Å². The van der Waals surface area contributed by atoms with Crippen LogP contribution in [0.4, 0.5) is 0 Å². The molecule has 0 saturated carbocycles. The number of hydrogen-bond acceptors (Lipinski definition) is 3. The lowest BCUT2D eigenvalue weighted by Gasteiger charge is -2.24. The van der Waals surface area contributed by atoms with Crippen LogP contribution in [0.3, 0.4) is 0 Å². The zero-order chi connectivity index (χ0) is 38.8. The Bertz CT molecular complexity index is 2740. The molecule has 2 aromatic heterocycles. The normalized spacial score (nSPS) is 12.9. The molecule has 0 radical (unpaired) electrons. The second-order valence-electron chi connectivity index (χ2n) is 15.7. The van der Waals surface area contributed by atoms with Crippen LogP contribution in [-0.4, -0.2) is 9.55 Å². The summed E-state index contributed by atoms with van der Waals surface area (Å²) in [6, 6.07) is 43.7. The average molecular weight is 694 g/mol. The molecule has 0 atom stereocenters. The van der Waals surface area contributed by atoms with Gasteiger partial charge in [-0.15, -0.1) is 0 Å². The summed E-state index contributed by atoms with van der Waals surface area (Å²) in [5.41, 5.74) is 13.1. The predicted octanol–water partition coefficient (Wildman–Crippen LogP) is 13.6. The van der Waals surface area contributed by atoms with Gasteiger partial charge in [0.1, 0.15) is 17.0 Å². The van der Waals surface area contributed by atoms with Crippen molar-refractivity contribution < 1.29 is 7.16 Å². The SMILES string of the molecule is [2H]C([2H])(c1ccc(-c2ccc(-c3cc(C(C)C)c(-n4c(-c5cccc6c5oc5cc(C#N)ccc56)nc5ccccc54)c(C(C)C)c3)cc2)cc1)C(C)(C)C. The molecule has 8 rings (SSSR count). The monoisotopic (exact) mass is 693 g/mol. The van der Waals surface area contributed by atoms with Gasteiger partial charge in [-0.2, -0.15) is 5.26 Å². The number of nitriles is 1. The minimum Gasteiger partial charge on any atom is -0.455 e. The Morgan fingerprint density at radius 2 is 1.34 bits per heavy atom. The molecule has 0 aliphatic carbocycles. The van der Waals surface area contributed by atoms with Gasteiger partial charge in [-0.05, 0) is 111 Å². The maximum atomic E-state index is 9.58. The number of para-hydroxylation sites is 3. The van der Waals surface area contributed by atoms with Gasteiger partial charge in [0.15, 0.2) is 0 Å². The van der Waals surface area contributed by atoms with Crippen molar-refractivity contribution in [2.75, 3.05) is 0 Å². The standard InChI is InChI=1S/C49H45N3O/c1-30(2)41-26-37(36-22-20-35(21-23-36)34-18-15-32(16-19-34)28-49(5,6)7)27-42(31(3)4)46(41)52-44-14-9-8-13-43(44)51-48(52)40-12-10-11-39-38-24-17-33(29-50)25-45(38)53-47(39)40/h8-27,30-31H,28H2,1-7H3/i28D2. The fourth-order valence-corrected chi connectivity index (χ4v) is 7.50. The van der Waals surface area contributed by atoms with E-state index in [1.807, 2.05) is 69.3 Å². The molecule has 4 nitrogen and oxygen atoms in total. The first-order valence-corrected chi connectivity index (χ1v) is 18.5. The lowest BCUT2D eigenvalue weighted by Crippen LogP contribution is -2.09. The molecule has 53 heavy (non-hydrogen) atoms. The van der Waals surface area contributed by atoms with Gasteiger partial charge in [0.05, 0.1) is 33.9 Å². The Kier molecular flexibility index (Phi) is 7.94. The summed E-state index contributed by atoms with van der Waals surface area (Å²) >= 11 is 0. The first kappa shape index (κ1) is 31.8. The molecule has 0 unspecified atom stereocenters. The van der Waals surface area contributed by atoms with Crippen molar-refractivity contribution in [3.8, 4) is 45.4 Å². The molecular formula is C49H45N3O. The summed E-state index contributed by atoms with van der Waals surface area (Å²) in [6.45, 7) is 14.8. The molecule has 6 aromatic carbocycles. The van der Waals surface area contributed by atoms with Crippen LogP contribution in [0.2, 0.25) is 0 Å². The third kappa shape index (κ3) is 6.31. The number of benzene rings is 6. The summed E-state index contributed by atoms with van der Waals surface area (Å²) in [7, 11) is 0. The number of fused-ring (bicyclic) bond motifs is 4. The molecule has 262 valence electrons. The fourth-order valence-electron chi connectivity index (χ4n) is 7.50. The minimum absolute atomic E-state index is 0.208. The summed E-state index contributed by atoms with van der Waals surface area (Å²) in [5.74, 6) is 1.23. The van der Waals surface area contributed by atoms with Crippen molar-refractivity contribution in [1.29, 1.82) is 5.26 Å². The lowest BCUT2D eigenvalue weighted by atomic mass is 9.87. The summed E-state index contributed by atoms with van der Waals surface area (Å²) in [6.07, 6.45) is -1.43. The molecule has 0 saturated heterocycles. The highest BCUT2D eigenvalue weighted by molar-refractivity contribution is 6.09. The zero-order valence-electron chi connectivity index (χ0n) is 33.5. The maximum absolute atomic E-state index is 9.58. The molecule has 0 fully saturated rings. The van der Waals surface area contributed by atoms with Gasteiger partial charge in [0.25, 0.3) is 0 Å². The minimum atomic E-state index is -1.43. The number of hydrogen-bond donors (Lipinski definition) is 0. The van der Waals surface area contributed by atoms with E-state index in [2.05, 4.69) is 111 Å². The van der Waals surface area contributed by atoms with E-state index < -0.39 is 11.8 Å². The molecule has 0 aliphatic rings. The van der Waals surface area contributed by atoms with Gasteiger partial charge in [0.2, 0.25) is 0 Å². The molecule has 4 heteroatoms. The molecule has 0 spiro atoms. The molecule has 0 bridgehead atoms. The first-order valence-electron chi connectivity index (χ1n) is 19.5. The number of aromatic nitrogens is 2. The van der Waals surface area contributed by atoms with Crippen LogP contribution in [0.15, 0.2) is 126 Å². The number of furan rings is 1. The molecule has 0 amide bonds. The van der Waals surface area contributed by atoms with Gasteiger partial charge in [-0.1, -0.05) is 121 Å². The van der Waals surface area contributed by atoms with E-state index >= 15 is 0 Å². The molecule has 8 aromatic rings. The van der Waals surface area contributed by atoms with Crippen molar-refractivity contribution in [3.63, 3.8) is 0 Å². The van der Waals surface area contributed by atoms with Gasteiger partial charge in [-0.25, -0.2) is 4.98 Å². The fraction of sp³-hybridized carbons (Fsp3) is 0.224. The highest BCUT2D eigenvalue weighted by atomic mass is 16.3. The van der Waals surface area contributed by atoms with Crippen LogP contribution in [0.25, 0.3) is 72.3 Å². The highest BCUT2D eigenvalue weighted by Crippen LogP contribution is 2.43. The van der Waals surface area contributed by atoms with Crippen molar-refractivity contribution >= 4 is 33.0 Å². The third-order valence-corrected chi connectivity index (χ3v) is 10.0. The van der Waals surface area contributed by atoms with Crippen LogP contribution in [0.5, 0.6) is 0 Å². The second-order valence-corrected chi connectivity index (χ2v) is 15.7. The summed E-state index contributed by atoms with van der Waals surface area (Å²) < 4.78 is 26.3. The Morgan fingerprint density at radius 3 is 1.96 bits per heavy atom.